The fraction of sp³-hybridized carbons (Fsp3) is 0.667. The Bertz CT molecular complexity index is 776. The lowest BCUT2D eigenvalue weighted by atomic mass is 9.86. The summed E-state index contributed by atoms with van der Waals surface area (Å²) in [4.78, 5) is 27.3. The number of hydrogen-bond acceptors (Lipinski definition) is 8. The summed E-state index contributed by atoms with van der Waals surface area (Å²) in [5, 5.41) is 11.9. The summed E-state index contributed by atoms with van der Waals surface area (Å²) in [6, 6.07) is 0. The number of carbonyl (C=O) groups excluding carboxylic acids is 2. The molecule has 1 aromatic rings. The summed E-state index contributed by atoms with van der Waals surface area (Å²) in [6.07, 6.45) is -0.514. The van der Waals surface area contributed by atoms with Crippen LogP contribution in [0.1, 0.15) is 20.8 Å². The Morgan fingerprint density at radius 2 is 2.12 bits per heavy atom. The number of β-lactam (4-membered cyclic amide) rings is 1. The van der Waals surface area contributed by atoms with Crippen molar-refractivity contribution < 1.29 is 14.3 Å². The number of aromatic nitrogens is 4. The van der Waals surface area contributed by atoms with Crippen molar-refractivity contribution in [2.24, 2.45) is 12.5 Å². The number of halogens is 1. The van der Waals surface area contributed by atoms with E-state index in [4.69, 9.17) is 4.74 Å². The average Bonchev–Trinajstić information content (AvgIpc) is 2.97. The Labute approximate surface area is 168 Å². The highest BCUT2D eigenvalue weighted by atomic mass is 79.9. The molecule has 3 heterocycles. The number of aryl methyl sites for hydroxylation is 1. The molecule has 3 atom stereocenters. The predicted octanol–water partition coefficient (Wildman–Crippen LogP) is 1.82. The molecule has 8 nitrogen and oxygen atoms in total. The number of thioether (sulfide) groups is 2. The van der Waals surface area contributed by atoms with Gasteiger partial charge in [-0.2, -0.15) is 0 Å². The highest BCUT2D eigenvalue weighted by Crippen LogP contribution is 2.49. The van der Waals surface area contributed by atoms with Gasteiger partial charge in [0, 0.05) is 25.3 Å². The van der Waals surface area contributed by atoms with Gasteiger partial charge in [-0.15, -0.1) is 16.9 Å². The van der Waals surface area contributed by atoms with Crippen LogP contribution >= 0.6 is 39.5 Å². The quantitative estimate of drug-likeness (QED) is 0.372. The van der Waals surface area contributed by atoms with E-state index in [0.29, 0.717) is 16.6 Å². The van der Waals surface area contributed by atoms with Crippen LogP contribution in [0.3, 0.4) is 0 Å². The molecule has 0 aliphatic carbocycles. The third-order valence-corrected chi connectivity index (χ3v) is 7.68. The molecule has 1 fully saturated rings. The summed E-state index contributed by atoms with van der Waals surface area (Å²) in [7, 11) is 3.28. The van der Waals surface area contributed by atoms with E-state index in [1.807, 2.05) is 20.8 Å². The molecule has 1 aromatic heterocycles. The van der Waals surface area contributed by atoms with E-state index in [1.165, 1.54) is 18.9 Å². The van der Waals surface area contributed by atoms with E-state index in [1.54, 1.807) is 28.4 Å². The minimum atomic E-state index is -0.602. The normalized spacial score (nSPS) is 26.0. The van der Waals surface area contributed by atoms with Gasteiger partial charge in [0.2, 0.25) is 5.16 Å². The van der Waals surface area contributed by atoms with Crippen molar-refractivity contribution in [3.8, 4) is 0 Å². The number of nitrogens with zero attached hydrogens (tertiary/aromatic N) is 5. The first-order valence-corrected chi connectivity index (χ1v) is 10.8. The summed E-state index contributed by atoms with van der Waals surface area (Å²) in [5.41, 5.74) is 0.737. The second-order valence-electron chi connectivity index (χ2n) is 7.03. The molecular formula is C15H20BrN5O3S2. The first-order chi connectivity index (χ1) is 12.2. The first-order valence-electron chi connectivity index (χ1n) is 7.95. The number of hydrogen-bond donors (Lipinski definition) is 0. The number of methoxy groups -OCH3 is 1. The van der Waals surface area contributed by atoms with Crippen LogP contribution in [0.2, 0.25) is 0 Å². The van der Waals surface area contributed by atoms with Crippen molar-refractivity contribution in [1.82, 2.24) is 25.1 Å². The molecule has 0 N–H and O–H groups in total. The van der Waals surface area contributed by atoms with Crippen molar-refractivity contribution in [2.45, 2.75) is 41.6 Å². The van der Waals surface area contributed by atoms with E-state index in [2.05, 4.69) is 31.5 Å². The van der Waals surface area contributed by atoms with E-state index >= 15 is 0 Å². The number of amides is 1. The molecule has 1 saturated heterocycles. The number of alkyl halides is 1. The maximum absolute atomic E-state index is 13.2. The molecule has 11 heteroatoms. The van der Waals surface area contributed by atoms with Gasteiger partial charge in [0.25, 0.3) is 5.91 Å². The fourth-order valence-corrected chi connectivity index (χ4v) is 6.29. The lowest BCUT2D eigenvalue weighted by Crippen LogP contribution is -2.66. The Hall–Kier alpha value is -0.910. The number of ether oxygens (including phenoxy) is 1. The van der Waals surface area contributed by atoms with Gasteiger partial charge in [-0.3, -0.25) is 14.5 Å². The Kier molecular flexibility index (Phi) is 5.53. The van der Waals surface area contributed by atoms with Crippen LogP contribution in [-0.4, -0.2) is 65.3 Å². The largest absolute Gasteiger partial charge is 0.368 e. The van der Waals surface area contributed by atoms with E-state index in [0.717, 1.165) is 5.57 Å². The van der Waals surface area contributed by atoms with Crippen LogP contribution < -0.4 is 0 Å². The zero-order valence-electron chi connectivity index (χ0n) is 15.1. The molecule has 2 aliphatic rings. The zero-order chi connectivity index (χ0) is 19.2. The molecule has 2 aliphatic heterocycles. The van der Waals surface area contributed by atoms with E-state index < -0.39 is 11.5 Å². The maximum Gasteiger partial charge on any atom is 0.260 e. The smallest absolute Gasteiger partial charge is 0.260 e. The number of tetrazole rings is 1. The topological polar surface area (TPSA) is 90.2 Å². The van der Waals surface area contributed by atoms with Crippen LogP contribution in [-0.2, 0) is 21.4 Å². The van der Waals surface area contributed by atoms with Gasteiger partial charge in [-0.25, -0.2) is 4.68 Å². The Morgan fingerprint density at radius 1 is 1.42 bits per heavy atom. The van der Waals surface area contributed by atoms with Crippen LogP contribution in [0.25, 0.3) is 0 Å². The van der Waals surface area contributed by atoms with Gasteiger partial charge in [0.15, 0.2) is 11.9 Å². The van der Waals surface area contributed by atoms with Crippen LogP contribution in [0.4, 0.5) is 0 Å². The molecule has 1 amide bonds. The second-order valence-corrected chi connectivity index (χ2v) is 10.7. The number of ketones is 1. The van der Waals surface area contributed by atoms with Crippen LogP contribution in [0.15, 0.2) is 16.4 Å². The number of fused-ring (bicyclic) bond motifs is 1. The monoisotopic (exact) mass is 461 g/mol. The molecule has 1 unspecified atom stereocenters. The molecule has 0 spiro atoms. The lowest BCUT2D eigenvalue weighted by Gasteiger charge is -2.51. The van der Waals surface area contributed by atoms with Crippen molar-refractivity contribution in [3.05, 3.63) is 11.3 Å². The van der Waals surface area contributed by atoms with Crippen molar-refractivity contribution in [1.29, 1.82) is 0 Å². The average molecular weight is 462 g/mol. The number of carbonyl (C=O) groups is 2. The lowest BCUT2D eigenvalue weighted by molar-refractivity contribution is -0.160. The van der Waals surface area contributed by atoms with Crippen molar-refractivity contribution >= 4 is 51.1 Å². The zero-order valence-corrected chi connectivity index (χ0v) is 18.3. The predicted molar refractivity (Wildman–Crippen MR) is 103 cm³/mol. The Balaban J connectivity index is 1.98. The molecule has 0 bridgehead atoms. The third kappa shape index (κ3) is 3.34. The SMILES string of the molecule is CO[C@H]1C(=O)N2C(C(=O)C(C)(C)C)=C(CSc3nnnn3C)C(Br)S[C@@H]12. The molecule has 0 aromatic carbocycles. The van der Waals surface area contributed by atoms with Gasteiger partial charge < -0.3 is 4.74 Å². The molecule has 142 valence electrons. The van der Waals surface area contributed by atoms with Crippen LogP contribution in [0.5, 0.6) is 0 Å². The van der Waals surface area contributed by atoms with E-state index in [-0.39, 0.29) is 21.2 Å². The second kappa shape index (κ2) is 7.25. The molecule has 3 rings (SSSR count). The standard InChI is InChI=1S/C15H20BrN5O3S2/c1-15(2,3)10(22)8-7(6-25-14-17-18-19-20(14)4)11(16)26-13-9(24-5)12(23)21(8)13/h9,11,13H,6H2,1-5H3/t9-,11?,13-/m0/s1. The van der Waals surface area contributed by atoms with Gasteiger partial charge in [0.05, 0.1) is 9.86 Å². The summed E-state index contributed by atoms with van der Waals surface area (Å²) in [5.74, 6) is 0.282. The minimum absolute atomic E-state index is 0.0538. The number of Topliss-reactive ketones (excluding diaryl/α,β-unsaturated/α-hetero) is 1. The van der Waals surface area contributed by atoms with Gasteiger partial charge in [-0.1, -0.05) is 48.5 Å². The van der Waals surface area contributed by atoms with Crippen molar-refractivity contribution in [3.63, 3.8) is 0 Å². The summed E-state index contributed by atoms with van der Waals surface area (Å²) in [6.45, 7) is 5.58. The minimum Gasteiger partial charge on any atom is -0.368 e. The first kappa shape index (κ1) is 19.8. The molecule has 0 radical (unpaired) electrons. The summed E-state index contributed by atoms with van der Waals surface area (Å²) >= 11 is 6.68. The fourth-order valence-electron chi connectivity index (χ4n) is 2.72. The number of allylic oxidation sites excluding steroid dienone is 1. The van der Waals surface area contributed by atoms with Gasteiger partial charge in [-0.05, 0) is 16.0 Å². The van der Waals surface area contributed by atoms with Crippen molar-refractivity contribution in [2.75, 3.05) is 12.9 Å². The number of rotatable bonds is 5. The molecule has 26 heavy (non-hydrogen) atoms. The molecule has 0 saturated carbocycles. The Morgan fingerprint density at radius 3 is 2.65 bits per heavy atom. The highest BCUT2D eigenvalue weighted by Gasteiger charge is 2.56. The highest BCUT2D eigenvalue weighted by molar-refractivity contribution is 9.11. The maximum atomic E-state index is 13.2. The van der Waals surface area contributed by atoms with Crippen LogP contribution in [0, 0.1) is 5.41 Å². The summed E-state index contributed by atoms with van der Waals surface area (Å²) < 4.78 is 6.78. The third-order valence-electron chi connectivity index (χ3n) is 4.16. The van der Waals surface area contributed by atoms with Gasteiger partial charge in [0.1, 0.15) is 5.37 Å². The van der Waals surface area contributed by atoms with E-state index in [9.17, 15) is 9.59 Å². The van der Waals surface area contributed by atoms with Gasteiger partial charge >= 0.3 is 0 Å². The molecular weight excluding hydrogens is 442 g/mol.